The van der Waals surface area contributed by atoms with E-state index in [4.69, 9.17) is 16.6 Å². The summed E-state index contributed by atoms with van der Waals surface area (Å²) in [6, 6.07) is 6.03. The number of rotatable bonds is 6. The third kappa shape index (κ3) is 4.07. The number of halogens is 2. The first-order chi connectivity index (χ1) is 10.1. The summed E-state index contributed by atoms with van der Waals surface area (Å²) in [6.07, 6.45) is 2.04. The molecule has 2 nitrogen and oxygen atoms in total. The molecule has 0 aliphatic rings. The van der Waals surface area contributed by atoms with Crippen LogP contribution in [0.5, 0.6) is 0 Å². The zero-order valence-electron chi connectivity index (χ0n) is 12.5. The van der Waals surface area contributed by atoms with Gasteiger partial charge in [-0.15, -0.1) is 11.3 Å². The molecule has 0 saturated carbocycles. The molecule has 0 saturated heterocycles. The Labute approximate surface area is 144 Å². The van der Waals surface area contributed by atoms with Crippen molar-refractivity contribution < 1.29 is 0 Å². The van der Waals surface area contributed by atoms with Crippen molar-refractivity contribution >= 4 is 38.9 Å². The van der Waals surface area contributed by atoms with Gasteiger partial charge < -0.3 is 5.32 Å². The molecule has 1 aromatic carbocycles. The standard InChI is InChI=1S/C16H20BrClN2S/c1-4-8-19-15(12-9-11(17)6-7-13(12)18)16-20-14(5-2)10(3)21-16/h6-7,9,15,19H,4-5,8H2,1-3H3. The minimum Gasteiger partial charge on any atom is -0.304 e. The lowest BCUT2D eigenvalue weighted by Gasteiger charge is -2.18. The van der Waals surface area contributed by atoms with Crippen LogP contribution in [0.2, 0.25) is 5.02 Å². The predicted molar refractivity (Wildman–Crippen MR) is 95.5 cm³/mol. The zero-order valence-corrected chi connectivity index (χ0v) is 15.7. The summed E-state index contributed by atoms with van der Waals surface area (Å²) in [5, 5.41) is 5.45. The quantitative estimate of drug-likeness (QED) is 0.706. The van der Waals surface area contributed by atoms with Crippen molar-refractivity contribution in [1.82, 2.24) is 10.3 Å². The van der Waals surface area contributed by atoms with Crippen LogP contribution in [-0.4, -0.2) is 11.5 Å². The third-order valence-electron chi connectivity index (χ3n) is 3.36. The van der Waals surface area contributed by atoms with Crippen LogP contribution in [0.4, 0.5) is 0 Å². The normalized spacial score (nSPS) is 12.6. The maximum Gasteiger partial charge on any atom is 0.115 e. The van der Waals surface area contributed by atoms with Gasteiger partial charge >= 0.3 is 0 Å². The SMILES string of the molecule is CCCNC(c1nc(CC)c(C)s1)c1cc(Br)ccc1Cl. The maximum absolute atomic E-state index is 6.42. The highest BCUT2D eigenvalue weighted by atomic mass is 79.9. The smallest absolute Gasteiger partial charge is 0.115 e. The Bertz CT molecular complexity index is 612. The van der Waals surface area contributed by atoms with Crippen LogP contribution in [0.1, 0.15) is 47.5 Å². The number of nitrogens with zero attached hydrogens (tertiary/aromatic N) is 1. The molecule has 1 atom stereocenters. The highest BCUT2D eigenvalue weighted by Gasteiger charge is 2.21. The van der Waals surface area contributed by atoms with E-state index in [-0.39, 0.29) is 6.04 Å². The summed E-state index contributed by atoms with van der Waals surface area (Å²) in [5.41, 5.74) is 2.26. The van der Waals surface area contributed by atoms with Crippen LogP contribution in [-0.2, 0) is 6.42 Å². The van der Waals surface area contributed by atoms with Gasteiger partial charge in [0, 0.05) is 14.4 Å². The first kappa shape index (κ1) is 16.9. The number of aryl methyl sites for hydroxylation is 2. The van der Waals surface area contributed by atoms with Gasteiger partial charge in [0.05, 0.1) is 11.7 Å². The highest BCUT2D eigenvalue weighted by Crippen LogP contribution is 2.33. The third-order valence-corrected chi connectivity index (χ3v) is 5.27. The van der Waals surface area contributed by atoms with E-state index < -0.39 is 0 Å². The Hall–Kier alpha value is -0.420. The molecule has 0 amide bonds. The molecule has 5 heteroatoms. The summed E-state index contributed by atoms with van der Waals surface area (Å²) in [7, 11) is 0. The van der Waals surface area contributed by atoms with Gasteiger partial charge in [0.15, 0.2) is 0 Å². The average Bonchev–Trinajstić information content (AvgIpc) is 2.84. The van der Waals surface area contributed by atoms with Crippen LogP contribution in [0.3, 0.4) is 0 Å². The first-order valence-electron chi connectivity index (χ1n) is 7.21. The molecule has 0 aliphatic carbocycles. The number of hydrogen-bond acceptors (Lipinski definition) is 3. The zero-order chi connectivity index (χ0) is 15.4. The minimum absolute atomic E-state index is 0.0546. The maximum atomic E-state index is 6.42. The summed E-state index contributed by atoms with van der Waals surface area (Å²) in [4.78, 5) is 6.10. The second-order valence-corrected chi connectivity index (χ2v) is 7.52. The van der Waals surface area contributed by atoms with Crippen molar-refractivity contribution in [2.24, 2.45) is 0 Å². The second-order valence-electron chi connectivity index (χ2n) is 4.96. The summed E-state index contributed by atoms with van der Waals surface area (Å²) in [5.74, 6) is 0. The molecule has 1 aromatic heterocycles. The molecule has 2 aromatic rings. The largest absolute Gasteiger partial charge is 0.304 e. The van der Waals surface area contributed by atoms with Gasteiger partial charge in [-0.1, -0.05) is 41.4 Å². The lowest BCUT2D eigenvalue weighted by atomic mass is 10.1. The van der Waals surface area contributed by atoms with E-state index in [1.165, 1.54) is 10.6 Å². The number of aromatic nitrogens is 1. The minimum atomic E-state index is 0.0546. The molecule has 0 aliphatic heterocycles. The second kappa shape index (κ2) is 7.73. The Morgan fingerprint density at radius 3 is 2.76 bits per heavy atom. The molecule has 21 heavy (non-hydrogen) atoms. The van der Waals surface area contributed by atoms with Crippen molar-refractivity contribution in [3.63, 3.8) is 0 Å². The van der Waals surface area contributed by atoms with Crippen LogP contribution in [0.15, 0.2) is 22.7 Å². The van der Waals surface area contributed by atoms with Crippen molar-refractivity contribution in [2.75, 3.05) is 6.54 Å². The lowest BCUT2D eigenvalue weighted by Crippen LogP contribution is -2.23. The van der Waals surface area contributed by atoms with E-state index in [1.807, 2.05) is 12.1 Å². The molecule has 1 heterocycles. The molecule has 0 radical (unpaired) electrons. The van der Waals surface area contributed by atoms with Crippen molar-refractivity contribution in [3.8, 4) is 0 Å². The molecule has 1 N–H and O–H groups in total. The topological polar surface area (TPSA) is 24.9 Å². The highest BCUT2D eigenvalue weighted by molar-refractivity contribution is 9.10. The Morgan fingerprint density at radius 2 is 2.14 bits per heavy atom. The Balaban J connectivity index is 2.44. The van der Waals surface area contributed by atoms with Crippen molar-refractivity contribution in [1.29, 1.82) is 0 Å². The average molecular weight is 388 g/mol. The van der Waals surface area contributed by atoms with E-state index in [2.05, 4.69) is 48.1 Å². The van der Waals surface area contributed by atoms with Gasteiger partial charge in [0.25, 0.3) is 0 Å². The van der Waals surface area contributed by atoms with Gasteiger partial charge in [0.1, 0.15) is 5.01 Å². The molecular weight excluding hydrogens is 368 g/mol. The summed E-state index contributed by atoms with van der Waals surface area (Å²) >= 11 is 11.7. The number of nitrogens with one attached hydrogen (secondary N) is 1. The molecule has 114 valence electrons. The van der Waals surface area contributed by atoms with E-state index in [9.17, 15) is 0 Å². The monoisotopic (exact) mass is 386 g/mol. The Morgan fingerprint density at radius 1 is 1.38 bits per heavy atom. The lowest BCUT2D eigenvalue weighted by molar-refractivity contribution is 0.594. The first-order valence-corrected chi connectivity index (χ1v) is 9.20. The van der Waals surface area contributed by atoms with Gasteiger partial charge in [-0.25, -0.2) is 4.98 Å². The van der Waals surface area contributed by atoms with Gasteiger partial charge in [-0.05, 0) is 50.1 Å². The Kier molecular flexibility index (Phi) is 6.23. The molecule has 0 bridgehead atoms. The van der Waals surface area contributed by atoms with Gasteiger partial charge in [0.2, 0.25) is 0 Å². The fourth-order valence-electron chi connectivity index (χ4n) is 2.26. The molecule has 1 unspecified atom stereocenters. The van der Waals surface area contributed by atoms with E-state index in [1.54, 1.807) is 11.3 Å². The van der Waals surface area contributed by atoms with Crippen LogP contribution < -0.4 is 5.32 Å². The predicted octanol–water partition coefficient (Wildman–Crippen LogP) is 5.52. The van der Waals surface area contributed by atoms with E-state index in [0.717, 1.165) is 39.5 Å². The number of hydrogen-bond donors (Lipinski definition) is 1. The van der Waals surface area contributed by atoms with Gasteiger partial charge in [-0.3, -0.25) is 0 Å². The molecule has 2 rings (SSSR count). The van der Waals surface area contributed by atoms with Gasteiger partial charge in [-0.2, -0.15) is 0 Å². The van der Waals surface area contributed by atoms with Crippen LogP contribution >= 0.6 is 38.9 Å². The van der Waals surface area contributed by atoms with Crippen LogP contribution in [0.25, 0.3) is 0 Å². The fraction of sp³-hybridized carbons (Fsp3) is 0.438. The molecular formula is C16H20BrClN2S. The number of benzene rings is 1. The van der Waals surface area contributed by atoms with Crippen LogP contribution in [0, 0.1) is 6.92 Å². The van der Waals surface area contributed by atoms with Crippen molar-refractivity contribution in [3.05, 3.63) is 48.8 Å². The summed E-state index contributed by atoms with van der Waals surface area (Å²) < 4.78 is 1.04. The summed E-state index contributed by atoms with van der Waals surface area (Å²) in [6.45, 7) is 7.39. The van der Waals surface area contributed by atoms with E-state index in [0.29, 0.717) is 0 Å². The molecule has 0 fully saturated rings. The molecule has 0 spiro atoms. The number of thiazole rings is 1. The fourth-order valence-corrected chi connectivity index (χ4v) is 3.97. The van der Waals surface area contributed by atoms with Crippen molar-refractivity contribution in [2.45, 2.75) is 39.7 Å². The van der Waals surface area contributed by atoms with E-state index >= 15 is 0 Å².